The zero-order valence-corrected chi connectivity index (χ0v) is 20.2. The van der Waals surface area contributed by atoms with Gasteiger partial charge in [-0.1, -0.05) is 24.3 Å². The molecule has 0 spiro atoms. The lowest BCUT2D eigenvalue weighted by molar-refractivity contribution is 0.0718. The van der Waals surface area contributed by atoms with Crippen molar-refractivity contribution in [3.8, 4) is 11.5 Å². The number of fused-ring (bicyclic) bond motifs is 1. The number of rotatable bonds is 6. The molecule has 1 aliphatic heterocycles. The summed E-state index contributed by atoms with van der Waals surface area (Å²) in [7, 11) is 3.22. The first-order valence-electron chi connectivity index (χ1n) is 11.7. The summed E-state index contributed by atoms with van der Waals surface area (Å²) < 4.78 is 16.6. The maximum absolute atomic E-state index is 13.6. The molecule has 1 fully saturated rings. The number of para-hydroxylation sites is 3. The van der Waals surface area contributed by atoms with Crippen molar-refractivity contribution < 1.29 is 23.5 Å². The van der Waals surface area contributed by atoms with Crippen molar-refractivity contribution in [3.63, 3.8) is 0 Å². The van der Waals surface area contributed by atoms with Gasteiger partial charge in [-0.05, 0) is 48.5 Å². The van der Waals surface area contributed by atoms with Crippen molar-refractivity contribution in [1.29, 1.82) is 0 Å². The molecule has 2 amide bonds. The summed E-state index contributed by atoms with van der Waals surface area (Å²) in [6, 6.07) is 21.9. The van der Waals surface area contributed by atoms with Crippen molar-refractivity contribution in [3.05, 3.63) is 84.1 Å². The summed E-state index contributed by atoms with van der Waals surface area (Å²) in [5.74, 6) is 1.00. The number of furan rings is 1. The predicted molar refractivity (Wildman–Crippen MR) is 138 cm³/mol. The van der Waals surface area contributed by atoms with E-state index in [4.69, 9.17) is 13.9 Å². The van der Waals surface area contributed by atoms with Gasteiger partial charge >= 0.3 is 0 Å². The molecule has 0 bridgehead atoms. The fourth-order valence-electron chi connectivity index (χ4n) is 4.43. The molecule has 8 nitrogen and oxygen atoms in total. The van der Waals surface area contributed by atoms with Crippen LogP contribution in [0.1, 0.15) is 20.9 Å². The Morgan fingerprint density at radius 3 is 2.25 bits per heavy atom. The van der Waals surface area contributed by atoms with Crippen molar-refractivity contribution in [1.82, 2.24) is 4.90 Å². The van der Waals surface area contributed by atoms with E-state index in [9.17, 15) is 9.59 Å². The third-order valence-corrected chi connectivity index (χ3v) is 6.37. The molecular weight excluding hydrogens is 458 g/mol. The van der Waals surface area contributed by atoms with Crippen LogP contribution in [0, 0.1) is 0 Å². The lowest BCUT2D eigenvalue weighted by Gasteiger charge is -2.36. The molecule has 1 N–H and O–H groups in total. The molecule has 1 aliphatic rings. The van der Waals surface area contributed by atoms with Crippen molar-refractivity contribution in [2.75, 3.05) is 50.6 Å². The van der Waals surface area contributed by atoms with Crippen LogP contribution < -0.4 is 19.7 Å². The van der Waals surface area contributed by atoms with Gasteiger partial charge in [0, 0.05) is 37.1 Å². The Balaban J connectivity index is 1.37. The molecule has 0 unspecified atom stereocenters. The molecule has 1 saturated heterocycles. The SMILES string of the molecule is COc1ccc(C(=O)Nc2c(C(=O)N3CCN(c4ccccc4OC)CC3)oc3ccccc23)cc1. The van der Waals surface area contributed by atoms with E-state index in [1.54, 1.807) is 49.5 Å². The topological polar surface area (TPSA) is 84.2 Å². The molecule has 0 atom stereocenters. The summed E-state index contributed by atoms with van der Waals surface area (Å²) in [5.41, 5.74) is 2.37. The largest absolute Gasteiger partial charge is 0.497 e. The van der Waals surface area contributed by atoms with Gasteiger partial charge in [0.1, 0.15) is 22.8 Å². The minimum atomic E-state index is -0.334. The van der Waals surface area contributed by atoms with Gasteiger partial charge in [-0.3, -0.25) is 9.59 Å². The average Bonchev–Trinajstić information content (AvgIpc) is 3.31. The lowest BCUT2D eigenvalue weighted by atomic mass is 10.1. The van der Waals surface area contributed by atoms with Crippen LogP contribution in [-0.4, -0.2) is 57.1 Å². The summed E-state index contributed by atoms with van der Waals surface area (Å²) in [4.78, 5) is 30.6. The molecule has 36 heavy (non-hydrogen) atoms. The van der Waals surface area contributed by atoms with Crippen LogP contribution in [0.4, 0.5) is 11.4 Å². The van der Waals surface area contributed by atoms with E-state index in [1.165, 1.54) is 0 Å². The maximum Gasteiger partial charge on any atom is 0.291 e. The second kappa shape index (κ2) is 10.0. The highest BCUT2D eigenvalue weighted by Gasteiger charge is 2.29. The van der Waals surface area contributed by atoms with Crippen LogP contribution >= 0.6 is 0 Å². The average molecular weight is 486 g/mol. The standard InChI is InChI=1S/C28H27N3O5/c1-34-20-13-11-19(12-14-20)27(32)29-25-21-7-3-5-9-23(21)36-26(25)28(33)31-17-15-30(16-18-31)22-8-4-6-10-24(22)35-2/h3-14H,15-18H2,1-2H3,(H,29,32). The number of carbonyl (C=O) groups is 2. The molecule has 4 aromatic rings. The number of nitrogens with zero attached hydrogens (tertiary/aromatic N) is 2. The fraction of sp³-hybridized carbons (Fsp3) is 0.214. The normalized spacial score (nSPS) is 13.5. The molecule has 184 valence electrons. The lowest BCUT2D eigenvalue weighted by Crippen LogP contribution is -2.49. The number of ether oxygens (including phenoxy) is 2. The number of carbonyl (C=O) groups excluding carboxylic acids is 2. The third kappa shape index (κ3) is 4.45. The van der Waals surface area contributed by atoms with E-state index in [-0.39, 0.29) is 17.6 Å². The van der Waals surface area contributed by atoms with Crippen LogP contribution in [0.25, 0.3) is 11.0 Å². The Hall–Kier alpha value is -4.46. The molecule has 0 saturated carbocycles. The van der Waals surface area contributed by atoms with Gasteiger partial charge in [-0.15, -0.1) is 0 Å². The van der Waals surface area contributed by atoms with Crippen molar-refractivity contribution in [2.24, 2.45) is 0 Å². The van der Waals surface area contributed by atoms with Crippen LogP contribution in [0.2, 0.25) is 0 Å². The number of anilines is 2. The molecule has 0 aliphatic carbocycles. The molecule has 1 aromatic heterocycles. The van der Waals surface area contributed by atoms with Gasteiger partial charge in [-0.25, -0.2) is 0 Å². The Kier molecular flexibility index (Phi) is 6.49. The second-order valence-electron chi connectivity index (χ2n) is 8.44. The number of piperazine rings is 1. The summed E-state index contributed by atoms with van der Waals surface area (Å²) in [6.45, 7) is 2.33. The number of nitrogens with one attached hydrogen (secondary N) is 1. The number of hydrogen-bond acceptors (Lipinski definition) is 6. The van der Waals surface area contributed by atoms with Gasteiger partial charge in [0.25, 0.3) is 11.8 Å². The zero-order valence-electron chi connectivity index (χ0n) is 20.2. The van der Waals surface area contributed by atoms with Crippen LogP contribution in [0.3, 0.4) is 0 Å². The highest BCUT2D eigenvalue weighted by atomic mass is 16.5. The van der Waals surface area contributed by atoms with E-state index in [1.807, 2.05) is 42.5 Å². The molecule has 0 radical (unpaired) electrons. The summed E-state index contributed by atoms with van der Waals surface area (Å²) in [6.07, 6.45) is 0. The molecule has 8 heteroatoms. The zero-order chi connectivity index (χ0) is 25.1. The predicted octanol–water partition coefficient (Wildman–Crippen LogP) is 4.66. The van der Waals surface area contributed by atoms with Crippen molar-refractivity contribution >= 4 is 34.2 Å². The number of benzene rings is 3. The van der Waals surface area contributed by atoms with Gasteiger partial charge < -0.3 is 29.0 Å². The van der Waals surface area contributed by atoms with Gasteiger partial charge in [0.2, 0.25) is 5.76 Å². The fourth-order valence-corrected chi connectivity index (χ4v) is 4.43. The molecule has 3 aromatic carbocycles. The summed E-state index contributed by atoms with van der Waals surface area (Å²) >= 11 is 0. The molecule has 5 rings (SSSR count). The highest BCUT2D eigenvalue weighted by molar-refractivity contribution is 6.14. The number of amides is 2. The molecule has 2 heterocycles. The summed E-state index contributed by atoms with van der Waals surface area (Å²) in [5, 5.41) is 3.59. The number of methoxy groups -OCH3 is 2. The smallest absolute Gasteiger partial charge is 0.291 e. The first-order valence-corrected chi connectivity index (χ1v) is 11.7. The monoisotopic (exact) mass is 485 g/mol. The Morgan fingerprint density at radius 1 is 0.833 bits per heavy atom. The first kappa shape index (κ1) is 23.3. The van der Waals surface area contributed by atoms with E-state index in [2.05, 4.69) is 10.2 Å². The van der Waals surface area contributed by atoms with Crippen LogP contribution in [0.5, 0.6) is 11.5 Å². The quantitative estimate of drug-likeness (QED) is 0.428. The van der Waals surface area contributed by atoms with E-state index >= 15 is 0 Å². The minimum absolute atomic E-state index is 0.129. The number of hydrogen-bond donors (Lipinski definition) is 1. The Bertz CT molecular complexity index is 1390. The second-order valence-corrected chi connectivity index (χ2v) is 8.44. The van der Waals surface area contributed by atoms with Gasteiger partial charge in [0.15, 0.2) is 0 Å². The van der Waals surface area contributed by atoms with Gasteiger partial charge in [0.05, 0.1) is 19.9 Å². The first-order chi connectivity index (χ1) is 17.6. The maximum atomic E-state index is 13.6. The third-order valence-electron chi connectivity index (χ3n) is 6.37. The van der Waals surface area contributed by atoms with E-state index < -0.39 is 0 Å². The van der Waals surface area contributed by atoms with E-state index in [0.29, 0.717) is 54.1 Å². The van der Waals surface area contributed by atoms with Crippen molar-refractivity contribution in [2.45, 2.75) is 0 Å². The molecular formula is C28H27N3O5. The van der Waals surface area contributed by atoms with Gasteiger partial charge in [-0.2, -0.15) is 0 Å². The van der Waals surface area contributed by atoms with Crippen LogP contribution in [0.15, 0.2) is 77.2 Å². The highest BCUT2D eigenvalue weighted by Crippen LogP contribution is 2.33. The Morgan fingerprint density at radius 2 is 1.53 bits per heavy atom. The van der Waals surface area contributed by atoms with Crippen LogP contribution in [-0.2, 0) is 0 Å². The van der Waals surface area contributed by atoms with E-state index in [0.717, 1.165) is 11.4 Å². The Labute approximate surface area is 209 Å². The minimum Gasteiger partial charge on any atom is -0.497 e.